The zero-order valence-electron chi connectivity index (χ0n) is 13.1. The zero-order valence-corrected chi connectivity index (χ0v) is 13.1. The molecule has 0 unspecified atom stereocenters. The lowest BCUT2D eigenvalue weighted by Crippen LogP contribution is -2.37. The second-order valence-electron chi connectivity index (χ2n) is 5.30. The van der Waals surface area contributed by atoms with Crippen LogP contribution in [-0.4, -0.2) is 52.9 Å². The number of nitrogens with one attached hydrogen (secondary N) is 1. The highest BCUT2D eigenvalue weighted by molar-refractivity contribution is 5.40. The summed E-state index contributed by atoms with van der Waals surface area (Å²) in [4.78, 5) is 14.5. The van der Waals surface area contributed by atoms with Gasteiger partial charge in [0.15, 0.2) is 0 Å². The Hall–Kier alpha value is -2.76. The first-order valence-electron chi connectivity index (χ1n) is 7.72. The summed E-state index contributed by atoms with van der Waals surface area (Å²) in [6, 6.07) is 11.3. The van der Waals surface area contributed by atoms with Crippen LogP contribution in [0.15, 0.2) is 30.3 Å². The van der Waals surface area contributed by atoms with Gasteiger partial charge in [-0.1, -0.05) is 30.3 Å². The second-order valence-corrected chi connectivity index (χ2v) is 5.30. The maximum absolute atomic E-state index is 10.2. The van der Waals surface area contributed by atoms with Crippen molar-refractivity contribution in [3.8, 4) is 6.07 Å². The summed E-state index contributed by atoms with van der Waals surface area (Å²) in [6.07, 6.45) is -0.694. The van der Waals surface area contributed by atoms with Crippen molar-refractivity contribution < 1.29 is 9.84 Å². The van der Waals surface area contributed by atoms with Crippen LogP contribution in [-0.2, 0) is 4.74 Å². The molecule has 0 aliphatic carbocycles. The van der Waals surface area contributed by atoms with E-state index < -0.39 is 6.10 Å². The predicted molar refractivity (Wildman–Crippen MR) is 87.5 cm³/mol. The molecule has 124 valence electrons. The highest BCUT2D eigenvalue weighted by Gasteiger charge is 2.17. The average molecular weight is 326 g/mol. The van der Waals surface area contributed by atoms with E-state index in [9.17, 15) is 5.11 Å². The van der Waals surface area contributed by atoms with Gasteiger partial charge in [-0.2, -0.15) is 20.2 Å². The molecule has 1 aromatic carbocycles. The molecule has 2 heterocycles. The third-order valence-electron chi connectivity index (χ3n) is 3.66. The molecule has 3 rings (SSSR count). The van der Waals surface area contributed by atoms with Gasteiger partial charge in [0.2, 0.25) is 17.7 Å². The molecule has 1 aliphatic rings. The van der Waals surface area contributed by atoms with Crippen LogP contribution in [0.5, 0.6) is 0 Å². The molecule has 2 aromatic rings. The van der Waals surface area contributed by atoms with Crippen molar-refractivity contribution in [2.75, 3.05) is 43.1 Å². The Labute approximate surface area is 139 Å². The van der Waals surface area contributed by atoms with Gasteiger partial charge >= 0.3 is 0 Å². The predicted octanol–water partition coefficient (Wildman–Crippen LogP) is 0.725. The number of nitrogens with zero attached hydrogens (tertiary/aromatic N) is 5. The van der Waals surface area contributed by atoms with E-state index in [0.717, 1.165) is 5.56 Å². The van der Waals surface area contributed by atoms with Crippen molar-refractivity contribution in [3.05, 3.63) is 41.7 Å². The van der Waals surface area contributed by atoms with Gasteiger partial charge in [0, 0.05) is 19.6 Å². The summed E-state index contributed by atoms with van der Waals surface area (Å²) in [5.41, 5.74) is 0.799. The molecule has 0 amide bonds. The Bertz CT molecular complexity index is 712. The van der Waals surface area contributed by atoms with E-state index in [0.29, 0.717) is 32.3 Å². The van der Waals surface area contributed by atoms with E-state index in [1.807, 2.05) is 41.3 Å². The van der Waals surface area contributed by atoms with Gasteiger partial charge in [0.1, 0.15) is 6.07 Å². The fourth-order valence-electron chi connectivity index (χ4n) is 2.38. The molecular weight excluding hydrogens is 308 g/mol. The number of rotatable bonds is 5. The van der Waals surface area contributed by atoms with Gasteiger partial charge in [-0.15, -0.1) is 0 Å². The molecule has 8 nitrogen and oxygen atoms in total. The first kappa shape index (κ1) is 16.1. The number of anilines is 2. The molecule has 1 saturated heterocycles. The number of aliphatic hydroxyl groups is 1. The Morgan fingerprint density at radius 3 is 2.67 bits per heavy atom. The van der Waals surface area contributed by atoms with Crippen LogP contribution in [0.1, 0.15) is 17.5 Å². The standard InChI is InChI=1S/C16H18N6O2/c17-10-14-19-15(18-11-13(23)12-4-2-1-3-5-12)21-16(20-14)22-6-8-24-9-7-22/h1-5,13,23H,6-9,11H2,(H,18,19,20,21)/t13-/m1/s1. The minimum absolute atomic E-state index is 0.0446. The monoisotopic (exact) mass is 326 g/mol. The van der Waals surface area contributed by atoms with Gasteiger partial charge < -0.3 is 20.1 Å². The van der Waals surface area contributed by atoms with Crippen molar-refractivity contribution in [1.82, 2.24) is 15.0 Å². The summed E-state index contributed by atoms with van der Waals surface area (Å²) in [6.45, 7) is 2.77. The van der Waals surface area contributed by atoms with Crippen molar-refractivity contribution in [2.24, 2.45) is 0 Å². The normalized spacial score (nSPS) is 15.6. The first-order valence-corrected chi connectivity index (χ1v) is 7.72. The average Bonchev–Trinajstić information content (AvgIpc) is 2.67. The summed E-state index contributed by atoms with van der Waals surface area (Å²) in [7, 11) is 0. The molecule has 0 radical (unpaired) electrons. The maximum Gasteiger partial charge on any atom is 0.238 e. The molecule has 1 fully saturated rings. The van der Waals surface area contributed by atoms with Crippen LogP contribution in [0.3, 0.4) is 0 Å². The van der Waals surface area contributed by atoms with Gasteiger partial charge in [0.05, 0.1) is 19.3 Å². The molecule has 8 heteroatoms. The maximum atomic E-state index is 10.2. The van der Waals surface area contributed by atoms with E-state index in [-0.39, 0.29) is 18.3 Å². The molecule has 1 aromatic heterocycles. The highest BCUT2D eigenvalue weighted by Crippen LogP contribution is 2.15. The molecular formula is C16H18N6O2. The van der Waals surface area contributed by atoms with Crippen molar-refractivity contribution in [2.45, 2.75) is 6.10 Å². The number of hydrogen-bond donors (Lipinski definition) is 2. The number of morpholine rings is 1. The van der Waals surface area contributed by atoms with Crippen molar-refractivity contribution in [1.29, 1.82) is 5.26 Å². The molecule has 0 bridgehead atoms. The van der Waals surface area contributed by atoms with Crippen molar-refractivity contribution in [3.63, 3.8) is 0 Å². The lowest BCUT2D eigenvalue weighted by Gasteiger charge is -2.26. The fraction of sp³-hybridized carbons (Fsp3) is 0.375. The summed E-state index contributed by atoms with van der Waals surface area (Å²) in [5.74, 6) is 0.766. The summed E-state index contributed by atoms with van der Waals surface area (Å²) in [5, 5.41) is 22.3. The Kier molecular flexibility index (Phi) is 5.15. The van der Waals surface area contributed by atoms with E-state index in [2.05, 4.69) is 20.3 Å². The van der Waals surface area contributed by atoms with Gasteiger partial charge in [-0.3, -0.25) is 0 Å². The molecule has 24 heavy (non-hydrogen) atoms. The Morgan fingerprint density at radius 1 is 1.21 bits per heavy atom. The smallest absolute Gasteiger partial charge is 0.238 e. The van der Waals surface area contributed by atoms with E-state index in [1.165, 1.54) is 0 Å². The molecule has 1 atom stereocenters. The number of nitriles is 1. The zero-order chi connectivity index (χ0) is 16.8. The van der Waals surface area contributed by atoms with Crippen LogP contribution in [0.4, 0.5) is 11.9 Å². The van der Waals surface area contributed by atoms with E-state index in [1.54, 1.807) is 0 Å². The van der Waals surface area contributed by atoms with Crippen molar-refractivity contribution >= 4 is 11.9 Å². The minimum atomic E-state index is -0.694. The van der Waals surface area contributed by atoms with Crippen LogP contribution >= 0.6 is 0 Å². The van der Waals surface area contributed by atoms with Crippen LogP contribution in [0.2, 0.25) is 0 Å². The number of aromatic nitrogens is 3. The topological polar surface area (TPSA) is 107 Å². The minimum Gasteiger partial charge on any atom is -0.387 e. The number of hydrogen-bond acceptors (Lipinski definition) is 8. The Morgan fingerprint density at radius 2 is 1.96 bits per heavy atom. The lowest BCUT2D eigenvalue weighted by molar-refractivity contribution is 0.122. The molecule has 0 spiro atoms. The largest absolute Gasteiger partial charge is 0.387 e. The van der Waals surface area contributed by atoms with Gasteiger partial charge in [0.25, 0.3) is 0 Å². The third kappa shape index (κ3) is 3.95. The second kappa shape index (κ2) is 7.68. The van der Waals surface area contributed by atoms with Crippen LogP contribution < -0.4 is 10.2 Å². The summed E-state index contributed by atoms with van der Waals surface area (Å²) < 4.78 is 5.31. The fourth-order valence-corrected chi connectivity index (χ4v) is 2.38. The Balaban J connectivity index is 1.71. The molecule has 0 saturated carbocycles. The molecule has 1 aliphatic heterocycles. The summed E-state index contributed by atoms with van der Waals surface area (Å²) >= 11 is 0. The molecule has 2 N–H and O–H groups in total. The van der Waals surface area contributed by atoms with E-state index >= 15 is 0 Å². The van der Waals surface area contributed by atoms with Crippen LogP contribution in [0, 0.1) is 11.3 Å². The number of benzene rings is 1. The quantitative estimate of drug-likeness (QED) is 0.828. The number of aliphatic hydroxyl groups excluding tert-OH is 1. The SMILES string of the molecule is N#Cc1nc(NC[C@@H](O)c2ccccc2)nc(N2CCOCC2)n1. The van der Waals surface area contributed by atoms with E-state index in [4.69, 9.17) is 10.00 Å². The third-order valence-corrected chi connectivity index (χ3v) is 3.66. The van der Waals surface area contributed by atoms with Gasteiger partial charge in [-0.05, 0) is 5.56 Å². The number of ether oxygens (including phenoxy) is 1. The highest BCUT2D eigenvalue weighted by atomic mass is 16.5. The lowest BCUT2D eigenvalue weighted by atomic mass is 10.1. The van der Waals surface area contributed by atoms with Gasteiger partial charge in [-0.25, -0.2) is 0 Å². The first-order chi connectivity index (χ1) is 11.8. The van der Waals surface area contributed by atoms with Crippen LogP contribution in [0.25, 0.3) is 0 Å².